The smallest absolute Gasteiger partial charge is 0.384 e. The number of alkyl halides is 3. The van der Waals surface area contributed by atoms with Crippen molar-refractivity contribution in [2.24, 2.45) is 5.92 Å². The Hall–Kier alpha value is -1.50. The number of ether oxygens (including phenoxy) is 1. The lowest BCUT2D eigenvalue weighted by Crippen LogP contribution is -2.31. The summed E-state index contributed by atoms with van der Waals surface area (Å²) in [4.78, 5) is 3.94. The third-order valence-corrected chi connectivity index (χ3v) is 3.73. The molecule has 7 heteroatoms. The van der Waals surface area contributed by atoms with Crippen LogP contribution in [0.3, 0.4) is 0 Å². The van der Waals surface area contributed by atoms with Gasteiger partial charge in [-0.1, -0.05) is 0 Å². The van der Waals surface area contributed by atoms with Gasteiger partial charge in [0.2, 0.25) is 0 Å². The van der Waals surface area contributed by atoms with E-state index in [4.69, 9.17) is 10.5 Å². The number of hydrogen-bond acceptors (Lipinski definition) is 4. The Bertz CT molecular complexity index is 502. The van der Waals surface area contributed by atoms with Crippen LogP contribution in [-0.2, 0) is 10.9 Å². The van der Waals surface area contributed by atoms with E-state index >= 15 is 0 Å². The fourth-order valence-electron chi connectivity index (χ4n) is 2.63. The zero-order chi connectivity index (χ0) is 14.3. The van der Waals surface area contributed by atoms with Crippen LogP contribution in [-0.4, -0.2) is 23.7 Å². The van der Waals surface area contributed by atoms with Crippen molar-refractivity contribution in [3.05, 3.63) is 17.7 Å². The molecule has 1 saturated carbocycles. The number of halogens is 3. The first-order valence-corrected chi connectivity index (χ1v) is 6.66. The average Bonchev–Trinajstić information content (AvgIpc) is 3.09. The van der Waals surface area contributed by atoms with E-state index < -0.39 is 11.7 Å². The zero-order valence-corrected chi connectivity index (χ0v) is 10.8. The molecule has 3 N–H and O–H groups in total. The molecule has 0 bridgehead atoms. The monoisotopic (exact) mass is 287 g/mol. The molecule has 2 aliphatic rings. The van der Waals surface area contributed by atoms with E-state index in [0.29, 0.717) is 12.5 Å². The Balaban J connectivity index is 1.78. The van der Waals surface area contributed by atoms with Crippen LogP contribution in [0.2, 0.25) is 0 Å². The van der Waals surface area contributed by atoms with E-state index in [1.807, 2.05) is 0 Å². The molecular weight excluding hydrogens is 271 g/mol. The molecule has 1 saturated heterocycles. The van der Waals surface area contributed by atoms with Crippen molar-refractivity contribution < 1.29 is 17.9 Å². The first kappa shape index (κ1) is 13.5. The molecule has 0 radical (unpaired) electrons. The van der Waals surface area contributed by atoms with Crippen LogP contribution in [0.4, 0.5) is 24.8 Å². The van der Waals surface area contributed by atoms with Crippen molar-refractivity contribution in [2.45, 2.75) is 37.6 Å². The molecule has 0 spiro atoms. The highest BCUT2D eigenvalue weighted by molar-refractivity contribution is 5.48. The van der Waals surface area contributed by atoms with Crippen molar-refractivity contribution in [3.63, 3.8) is 0 Å². The van der Waals surface area contributed by atoms with Crippen LogP contribution in [0, 0.1) is 5.92 Å². The first-order valence-electron chi connectivity index (χ1n) is 6.66. The summed E-state index contributed by atoms with van der Waals surface area (Å²) in [5, 5.41) is 3.05. The van der Waals surface area contributed by atoms with Gasteiger partial charge in [-0.2, -0.15) is 13.2 Å². The summed E-state index contributed by atoms with van der Waals surface area (Å²) in [7, 11) is 0. The van der Waals surface area contributed by atoms with Gasteiger partial charge in [-0.05, 0) is 37.3 Å². The van der Waals surface area contributed by atoms with Crippen molar-refractivity contribution in [3.8, 4) is 0 Å². The summed E-state index contributed by atoms with van der Waals surface area (Å²) in [6.07, 6.45) is -1.32. The van der Waals surface area contributed by atoms with Crippen LogP contribution in [0.1, 0.15) is 24.8 Å². The molecule has 2 heterocycles. The van der Waals surface area contributed by atoms with E-state index in [0.717, 1.165) is 31.4 Å². The number of aromatic nitrogens is 1. The number of nitrogens with one attached hydrogen (secondary N) is 1. The Morgan fingerprint density at radius 3 is 2.65 bits per heavy atom. The molecule has 2 atom stereocenters. The van der Waals surface area contributed by atoms with Crippen molar-refractivity contribution in [1.29, 1.82) is 0 Å². The van der Waals surface area contributed by atoms with Gasteiger partial charge in [0.25, 0.3) is 0 Å². The third kappa shape index (κ3) is 2.82. The largest absolute Gasteiger partial charge is 0.416 e. The number of anilines is 2. The number of hydrogen-bond donors (Lipinski definition) is 2. The van der Waals surface area contributed by atoms with Gasteiger partial charge in [0.1, 0.15) is 11.6 Å². The van der Waals surface area contributed by atoms with Crippen LogP contribution < -0.4 is 11.1 Å². The van der Waals surface area contributed by atoms with E-state index in [2.05, 4.69) is 10.3 Å². The van der Waals surface area contributed by atoms with Crippen molar-refractivity contribution >= 4 is 11.6 Å². The molecule has 2 fully saturated rings. The second kappa shape index (κ2) is 4.80. The molecule has 1 aromatic heterocycles. The summed E-state index contributed by atoms with van der Waals surface area (Å²) in [6, 6.07) is 1.85. The summed E-state index contributed by atoms with van der Waals surface area (Å²) >= 11 is 0. The van der Waals surface area contributed by atoms with Gasteiger partial charge in [0.15, 0.2) is 0 Å². The third-order valence-electron chi connectivity index (χ3n) is 3.73. The normalized spacial score (nSPS) is 26.8. The number of rotatable bonds is 3. The van der Waals surface area contributed by atoms with Crippen LogP contribution in [0.25, 0.3) is 0 Å². The second-order valence-electron chi connectivity index (χ2n) is 5.38. The van der Waals surface area contributed by atoms with Gasteiger partial charge >= 0.3 is 6.18 Å². The maximum atomic E-state index is 12.7. The molecular formula is C13H16F3N3O. The molecule has 20 heavy (non-hydrogen) atoms. The number of nitrogens with zero attached hydrogens (tertiary/aromatic N) is 1. The van der Waals surface area contributed by atoms with Crippen molar-refractivity contribution in [2.75, 3.05) is 17.7 Å². The zero-order valence-electron chi connectivity index (χ0n) is 10.8. The maximum absolute atomic E-state index is 12.7. The Kier molecular flexibility index (Phi) is 3.24. The fourth-order valence-corrected chi connectivity index (χ4v) is 2.63. The number of nitrogens with two attached hydrogens (primary N) is 1. The molecule has 4 nitrogen and oxygen atoms in total. The van der Waals surface area contributed by atoms with Gasteiger partial charge in [-0.3, -0.25) is 0 Å². The molecule has 1 aliphatic heterocycles. The molecule has 0 aromatic carbocycles. The van der Waals surface area contributed by atoms with E-state index in [-0.39, 0.29) is 23.8 Å². The summed E-state index contributed by atoms with van der Waals surface area (Å²) in [6.45, 7) is 0.632. The minimum Gasteiger partial charge on any atom is -0.384 e. The summed E-state index contributed by atoms with van der Waals surface area (Å²) in [5.41, 5.74) is 4.67. The molecule has 1 aromatic rings. The highest BCUT2D eigenvalue weighted by atomic mass is 19.4. The Morgan fingerprint density at radius 1 is 1.25 bits per heavy atom. The average molecular weight is 287 g/mol. The lowest BCUT2D eigenvalue weighted by molar-refractivity contribution is -0.137. The minimum absolute atomic E-state index is 0.0119. The van der Waals surface area contributed by atoms with Crippen molar-refractivity contribution in [1.82, 2.24) is 4.98 Å². The predicted octanol–water partition coefficient (Wildman–Crippen LogP) is 2.66. The van der Waals surface area contributed by atoms with Crippen LogP contribution in [0.5, 0.6) is 0 Å². The van der Waals surface area contributed by atoms with Gasteiger partial charge < -0.3 is 15.8 Å². The SMILES string of the molecule is Nc1cc(C(F)(F)F)cc(NC2CCOC2C2CC2)n1. The lowest BCUT2D eigenvalue weighted by atomic mass is 10.1. The minimum atomic E-state index is -4.42. The Labute approximate surface area is 114 Å². The van der Waals surface area contributed by atoms with Crippen LogP contribution in [0.15, 0.2) is 12.1 Å². The summed E-state index contributed by atoms with van der Waals surface area (Å²) in [5.74, 6) is 0.556. The Morgan fingerprint density at radius 2 is 2.00 bits per heavy atom. The summed E-state index contributed by atoms with van der Waals surface area (Å²) < 4.78 is 43.9. The highest BCUT2D eigenvalue weighted by Crippen LogP contribution is 2.40. The molecule has 0 amide bonds. The van der Waals surface area contributed by atoms with E-state index in [9.17, 15) is 13.2 Å². The van der Waals surface area contributed by atoms with Crippen LogP contribution >= 0.6 is 0 Å². The topological polar surface area (TPSA) is 60.2 Å². The predicted molar refractivity (Wildman–Crippen MR) is 68.1 cm³/mol. The van der Waals surface area contributed by atoms with Gasteiger partial charge in [-0.25, -0.2) is 4.98 Å². The van der Waals surface area contributed by atoms with E-state index in [1.165, 1.54) is 0 Å². The quantitative estimate of drug-likeness (QED) is 0.897. The molecule has 110 valence electrons. The number of pyridine rings is 1. The van der Waals surface area contributed by atoms with Gasteiger partial charge in [0.05, 0.1) is 17.7 Å². The number of nitrogen functional groups attached to an aromatic ring is 1. The fraction of sp³-hybridized carbons (Fsp3) is 0.615. The standard InChI is InChI=1S/C13H16F3N3O/c14-13(15,16)8-5-10(17)19-11(6-8)18-9-3-4-20-12(9)7-1-2-7/h5-7,9,12H,1-4H2,(H3,17,18,19). The molecule has 1 aliphatic carbocycles. The van der Waals surface area contributed by atoms with E-state index in [1.54, 1.807) is 0 Å². The van der Waals surface area contributed by atoms with Gasteiger partial charge in [0, 0.05) is 6.61 Å². The first-order chi connectivity index (χ1) is 9.43. The maximum Gasteiger partial charge on any atom is 0.416 e. The lowest BCUT2D eigenvalue weighted by Gasteiger charge is -2.20. The molecule has 2 unspecified atom stereocenters. The second-order valence-corrected chi connectivity index (χ2v) is 5.38. The molecule has 3 rings (SSSR count). The van der Waals surface area contributed by atoms with Gasteiger partial charge in [-0.15, -0.1) is 0 Å². The highest BCUT2D eigenvalue weighted by Gasteiger charge is 2.41.